The summed E-state index contributed by atoms with van der Waals surface area (Å²) in [5.41, 5.74) is 3.86. The monoisotopic (exact) mass is 280 g/mol. The highest BCUT2D eigenvalue weighted by atomic mass is 16.3. The Balaban J connectivity index is 1.92. The molecular weight excluding hydrogens is 260 g/mol. The van der Waals surface area contributed by atoms with E-state index in [1.54, 1.807) is 24.3 Å². The molecule has 0 fully saturated rings. The summed E-state index contributed by atoms with van der Waals surface area (Å²) in [6.07, 6.45) is -0.578. The standard InChI is InChI=1S/C18H20N2O/c1-13-3-7-16(8-4-13)14(2)20-12-18(21)17-9-5-15(11-19)6-10-17/h3-10,14,18,20-21H,12H2,1-2H3. The fraction of sp³-hybridized carbons (Fsp3) is 0.278. The average molecular weight is 280 g/mol. The number of rotatable bonds is 5. The first-order valence-electron chi connectivity index (χ1n) is 7.08. The largest absolute Gasteiger partial charge is 0.387 e. The van der Waals surface area contributed by atoms with Gasteiger partial charge in [0.05, 0.1) is 17.7 Å². The van der Waals surface area contributed by atoms with Gasteiger partial charge in [0, 0.05) is 12.6 Å². The smallest absolute Gasteiger partial charge is 0.0991 e. The van der Waals surface area contributed by atoms with E-state index in [1.807, 2.05) is 0 Å². The molecule has 2 N–H and O–H groups in total. The molecule has 2 unspecified atom stereocenters. The average Bonchev–Trinajstić information content (AvgIpc) is 2.53. The molecule has 108 valence electrons. The number of aliphatic hydroxyl groups is 1. The molecule has 3 heteroatoms. The highest BCUT2D eigenvalue weighted by Crippen LogP contribution is 2.16. The maximum atomic E-state index is 10.2. The quantitative estimate of drug-likeness (QED) is 0.884. The molecule has 0 saturated carbocycles. The van der Waals surface area contributed by atoms with Crippen molar-refractivity contribution in [1.82, 2.24) is 5.32 Å². The summed E-state index contributed by atoms with van der Waals surface area (Å²) < 4.78 is 0. The van der Waals surface area contributed by atoms with Crippen LogP contribution in [-0.4, -0.2) is 11.7 Å². The van der Waals surface area contributed by atoms with Gasteiger partial charge in [-0.15, -0.1) is 0 Å². The lowest BCUT2D eigenvalue weighted by molar-refractivity contribution is 0.171. The lowest BCUT2D eigenvalue weighted by Gasteiger charge is -2.18. The Kier molecular flexibility index (Phi) is 5.10. The lowest BCUT2D eigenvalue weighted by atomic mass is 10.0. The second-order valence-electron chi connectivity index (χ2n) is 5.29. The van der Waals surface area contributed by atoms with Crippen LogP contribution in [0.2, 0.25) is 0 Å². The molecule has 0 aliphatic rings. The van der Waals surface area contributed by atoms with Gasteiger partial charge in [-0.2, -0.15) is 5.26 Å². The van der Waals surface area contributed by atoms with Crippen LogP contribution in [0.25, 0.3) is 0 Å². The number of aliphatic hydroxyl groups excluding tert-OH is 1. The van der Waals surface area contributed by atoms with E-state index < -0.39 is 6.10 Å². The van der Waals surface area contributed by atoms with E-state index in [4.69, 9.17) is 5.26 Å². The minimum absolute atomic E-state index is 0.179. The van der Waals surface area contributed by atoms with Crippen molar-refractivity contribution in [3.8, 4) is 6.07 Å². The molecule has 2 rings (SSSR count). The van der Waals surface area contributed by atoms with Gasteiger partial charge >= 0.3 is 0 Å². The Morgan fingerprint density at radius 3 is 2.19 bits per heavy atom. The van der Waals surface area contributed by atoms with E-state index in [0.29, 0.717) is 12.1 Å². The molecule has 3 nitrogen and oxygen atoms in total. The van der Waals surface area contributed by atoms with Crippen molar-refractivity contribution in [2.45, 2.75) is 26.0 Å². The Labute approximate surface area is 125 Å². The number of hydrogen-bond donors (Lipinski definition) is 2. The molecule has 0 heterocycles. The van der Waals surface area contributed by atoms with E-state index in [9.17, 15) is 5.11 Å². The van der Waals surface area contributed by atoms with Gasteiger partial charge in [0.15, 0.2) is 0 Å². The predicted molar refractivity (Wildman–Crippen MR) is 83.7 cm³/mol. The van der Waals surface area contributed by atoms with Crippen molar-refractivity contribution in [3.05, 3.63) is 70.8 Å². The van der Waals surface area contributed by atoms with Crippen molar-refractivity contribution in [2.75, 3.05) is 6.54 Å². The van der Waals surface area contributed by atoms with Crippen LogP contribution in [0.15, 0.2) is 48.5 Å². The SMILES string of the molecule is Cc1ccc(C(C)NCC(O)c2ccc(C#N)cc2)cc1. The third kappa shape index (κ3) is 4.16. The highest BCUT2D eigenvalue weighted by molar-refractivity contribution is 5.32. The van der Waals surface area contributed by atoms with Gasteiger partial charge in [0.25, 0.3) is 0 Å². The number of nitrogens with zero attached hydrogens (tertiary/aromatic N) is 1. The number of benzene rings is 2. The van der Waals surface area contributed by atoms with E-state index >= 15 is 0 Å². The van der Waals surface area contributed by atoms with Gasteiger partial charge in [0.2, 0.25) is 0 Å². The van der Waals surface area contributed by atoms with Crippen LogP contribution < -0.4 is 5.32 Å². The van der Waals surface area contributed by atoms with Crippen molar-refractivity contribution < 1.29 is 5.11 Å². The number of nitriles is 1. The van der Waals surface area contributed by atoms with Crippen LogP contribution in [0.4, 0.5) is 0 Å². The number of nitrogens with one attached hydrogen (secondary N) is 1. The molecule has 0 spiro atoms. The van der Waals surface area contributed by atoms with Gasteiger partial charge in [-0.3, -0.25) is 0 Å². The molecule has 0 amide bonds. The molecular formula is C18H20N2O. The maximum Gasteiger partial charge on any atom is 0.0991 e. The first kappa shape index (κ1) is 15.2. The fourth-order valence-corrected chi connectivity index (χ4v) is 2.16. The Bertz CT molecular complexity index is 611. The zero-order valence-electron chi connectivity index (χ0n) is 12.4. The molecule has 2 atom stereocenters. The van der Waals surface area contributed by atoms with Crippen molar-refractivity contribution in [1.29, 1.82) is 5.26 Å². The minimum atomic E-state index is -0.578. The molecule has 21 heavy (non-hydrogen) atoms. The summed E-state index contributed by atoms with van der Waals surface area (Å²) in [7, 11) is 0. The van der Waals surface area contributed by atoms with Crippen LogP contribution >= 0.6 is 0 Å². The van der Waals surface area contributed by atoms with Gasteiger partial charge in [-0.25, -0.2) is 0 Å². The predicted octanol–water partition coefficient (Wildman–Crippen LogP) is 3.25. The zero-order valence-corrected chi connectivity index (χ0v) is 12.4. The first-order chi connectivity index (χ1) is 10.1. The summed E-state index contributed by atoms with van der Waals surface area (Å²) in [4.78, 5) is 0. The summed E-state index contributed by atoms with van der Waals surface area (Å²) in [6, 6.07) is 17.7. The van der Waals surface area contributed by atoms with E-state index in [1.165, 1.54) is 11.1 Å². The Morgan fingerprint density at radius 1 is 1.05 bits per heavy atom. The molecule has 2 aromatic rings. The van der Waals surface area contributed by atoms with Crippen molar-refractivity contribution in [3.63, 3.8) is 0 Å². The summed E-state index contributed by atoms with van der Waals surface area (Å²) in [6.45, 7) is 4.62. The van der Waals surface area contributed by atoms with Gasteiger partial charge < -0.3 is 10.4 Å². The zero-order chi connectivity index (χ0) is 15.2. The third-order valence-corrected chi connectivity index (χ3v) is 3.62. The summed E-state index contributed by atoms with van der Waals surface area (Å²) >= 11 is 0. The Hall–Kier alpha value is -2.15. The Morgan fingerprint density at radius 2 is 1.62 bits per heavy atom. The number of aryl methyl sites for hydroxylation is 1. The van der Waals surface area contributed by atoms with E-state index in [-0.39, 0.29) is 6.04 Å². The highest BCUT2D eigenvalue weighted by Gasteiger charge is 2.10. The first-order valence-corrected chi connectivity index (χ1v) is 7.08. The maximum absolute atomic E-state index is 10.2. The van der Waals surface area contributed by atoms with E-state index in [2.05, 4.69) is 49.5 Å². The van der Waals surface area contributed by atoms with Gasteiger partial charge in [-0.05, 0) is 37.1 Å². The van der Waals surface area contributed by atoms with Crippen LogP contribution in [0.1, 0.15) is 41.3 Å². The van der Waals surface area contributed by atoms with Crippen molar-refractivity contribution in [2.24, 2.45) is 0 Å². The topological polar surface area (TPSA) is 56.0 Å². The van der Waals surface area contributed by atoms with Gasteiger partial charge in [0.1, 0.15) is 0 Å². The normalized spacial score (nSPS) is 13.4. The minimum Gasteiger partial charge on any atom is -0.387 e. The second kappa shape index (κ2) is 7.03. The molecule has 0 aromatic heterocycles. The molecule has 0 saturated heterocycles. The molecule has 0 bridgehead atoms. The third-order valence-electron chi connectivity index (χ3n) is 3.62. The van der Waals surface area contributed by atoms with Gasteiger partial charge in [-0.1, -0.05) is 42.0 Å². The molecule has 0 radical (unpaired) electrons. The van der Waals surface area contributed by atoms with Crippen molar-refractivity contribution >= 4 is 0 Å². The van der Waals surface area contributed by atoms with Crippen LogP contribution in [0, 0.1) is 18.3 Å². The lowest BCUT2D eigenvalue weighted by Crippen LogP contribution is -2.24. The fourth-order valence-electron chi connectivity index (χ4n) is 2.16. The number of hydrogen-bond acceptors (Lipinski definition) is 3. The second-order valence-corrected chi connectivity index (χ2v) is 5.29. The molecule has 2 aromatic carbocycles. The van der Waals surface area contributed by atoms with E-state index in [0.717, 1.165) is 5.56 Å². The molecule has 0 aliphatic carbocycles. The van der Waals surface area contributed by atoms with Crippen LogP contribution in [-0.2, 0) is 0 Å². The summed E-state index contributed by atoms with van der Waals surface area (Å²) in [5.74, 6) is 0. The summed E-state index contributed by atoms with van der Waals surface area (Å²) in [5, 5.41) is 22.3. The van der Waals surface area contributed by atoms with Crippen LogP contribution in [0.3, 0.4) is 0 Å². The molecule has 0 aliphatic heterocycles. The van der Waals surface area contributed by atoms with Crippen LogP contribution in [0.5, 0.6) is 0 Å².